The summed E-state index contributed by atoms with van der Waals surface area (Å²) in [6.07, 6.45) is 2.80. The summed E-state index contributed by atoms with van der Waals surface area (Å²) in [5, 5.41) is 3.66. The van der Waals surface area contributed by atoms with Crippen molar-refractivity contribution in [1.82, 2.24) is 4.72 Å². The molecular formula is C22H28ClN4O3S-. The monoisotopic (exact) mass is 463 g/mol. The Labute approximate surface area is 191 Å². The fourth-order valence-corrected chi connectivity index (χ4v) is 4.25. The summed E-state index contributed by atoms with van der Waals surface area (Å²) in [4.78, 5) is 7.10. The van der Waals surface area contributed by atoms with E-state index in [1.165, 1.54) is 5.69 Å². The molecule has 0 bridgehead atoms. The van der Waals surface area contributed by atoms with Gasteiger partial charge in [-0.1, -0.05) is 18.5 Å². The van der Waals surface area contributed by atoms with Crippen LogP contribution in [0.3, 0.4) is 0 Å². The zero-order chi connectivity index (χ0) is 22.2. The number of methoxy groups -OCH3 is 1. The molecule has 9 heteroatoms. The lowest BCUT2D eigenvalue weighted by atomic mass is 9.88. The Kier molecular flexibility index (Phi) is 8.57. The molecule has 1 heterocycles. The van der Waals surface area contributed by atoms with E-state index in [9.17, 15) is 8.76 Å². The van der Waals surface area contributed by atoms with E-state index in [-0.39, 0.29) is 12.0 Å². The third kappa shape index (κ3) is 6.85. The largest absolute Gasteiger partial charge is 0.755 e. The van der Waals surface area contributed by atoms with Gasteiger partial charge in [0.05, 0.1) is 13.2 Å². The van der Waals surface area contributed by atoms with Gasteiger partial charge in [0.25, 0.3) is 0 Å². The number of nitrogens with zero attached hydrogens (tertiary/aromatic N) is 2. The predicted octanol–water partition coefficient (Wildman–Crippen LogP) is 4.20. The average molecular weight is 464 g/mol. The first kappa shape index (κ1) is 23.4. The summed E-state index contributed by atoms with van der Waals surface area (Å²) in [5.41, 5.74) is 1.90. The van der Waals surface area contributed by atoms with Crippen molar-refractivity contribution in [3.63, 3.8) is 0 Å². The number of rotatable bonds is 7. The maximum absolute atomic E-state index is 11.3. The van der Waals surface area contributed by atoms with Gasteiger partial charge in [0.2, 0.25) is 5.96 Å². The van der Waals surface area contributed by atoms with E-state index in [0.717, 1.165) is 38.1 Å². The van der Waals surface area contributed by atoms with Gasteiger partial charge in [-0.15, -0.1) is 0 Å². The second kappa shape index (κ2) is 11.4. The first-order valence-electron chi connectivity index (χ1n) is 10.3. The van der Waals surface area contributed by atoms with E-state index >= 15 is 0 Å². The third-order valence-electron chi connectivity index (χ3n) is 5.52. The van der Waals surface area contributed by atoms with Gasteiger partial charge in [-0.25, -0.2) is 4.99 Å². The van der Waals surface area contributed by atoms with Gasteiger partial charge in [-0.05, 0) is 73.7 Å². The zero-order valence-electron chi connectivity index (χ0n) is 17.7. The number of piperidine rings is 1. The van der Waals surface area contributed by atoms with Gasteiger partial charge in [0.1, 0.15) is 5.75 Å². The number of hydrogen-bond donors (Lipinski definition) is 2. The lowest BCUT2D eigenvalue weighted by molar-refractivity contribution is 0.335. The van der Waals surface area contributed by atoms with Gasteiger partial charge in [-0.2, -0.15) is 0 Å². The Morgan fingerprint density at radius 1 is 1.23 bits per heavy atom. The normalized spacial score (nSPS) is 17.2. The molecule has 0 radical (unpaired) electrons. The van der Waals surface area contributed by atoms with Crippen LogP contribution in [0.2, 0.25) is 5.02 Å². The summed E-state index contributed by atoms with van der Waals surface area (Å²) in [6, 6.07) is 15.2. The summed E-state index contributed by atoms with van der Waals surface area (Å²) in [5.74, 6) is 1.45. The lowest BCUT2D eigenvalue weighted by Crippen LogP contribution is -2.39. The number of hydrogen-bond acceptors (Lipinski definition) is 5. The van der Waals surface area contributed by atoms with Crippen LogP contribution in [-0.2, 0) is 11.3 Å². The minimum absolute atomic E-state index is 0.0175. The van der Waals surface area contributed by atoms with Crippen molar-refractivity contribution in [2.24, 2.45) is 10.9 Å². The highest BCUT2D eigenvalue weighted by molar-refractivity contribution is 7.77. The van der Waals surface area contributed by atoms with Gasteiger partial charge in [0, 0.05) is 40.8 Å². The SMILES string of the molecule is CCC(N=C(Nc1ccc(Cl)cc1)NS(=O)[O-])C1CCN(c2ccc(OC)cc2)CC1. The van der Waals surface area contributed by atoms with E-state index < -0.39 is 11.3 Å². The Balaban J connectivity index is 1.66. The summed E-state index contributed by atoms with van der Waals surface area (Å²) in [7, 11) is 1.67. The second-order valence-corrected chi connectivity index (χ2v) is 8.55. The molecule has 3 rings (SSSR count). The molecule has 1 fully saturated rings. The molecule has 31 heavy (non-hydrogen) atoms. The zero-order valence-corrected chi connectivity index (χ0v) is 19.3. The molecule has 0 aromatic heterocycles. The Bertz CT molecular complexity index is 885. The molecule has 7 nitrogen and oxygen atoms in total. The number of guanidine groups is 1. The van der Waals surface area contributed by atoms with Gasteiger partial charge in [-0.3, -0.25) is 8.93 Å². The fourth-order valence-electron chi connectivity index (χ4n) is 3.86. The Morgan fingerprint density at radius 2 is 1.87 bits per heavy atom. The third-order valence-corrected chi connectivity index (χ3v) is 6.13. The molecule has 1 saturated heterocycles. The van der Waals surface area contributed by atoms with Crippen LogP contribution in [0, 0.1) is 5.92 Å². The van der Waals surface area contributed by atoms with Crippen molar-refractivity contribution in [3.05, 3.63) is 53.6 Å². The van der Waals surface area contributed by atoms with Crippen LogP contribution in [0.5, 0.6) is 5.75 Å². The Morgan fingerprint density at radius 3 is 2.42 bits per heavy atom. The highest BCUT2D eigenvalue weighted by atomic mass is 35.5. The molecule has 0 aliphatic carbocycles. The van der Waals surface area contributed by atoms with Crippen LogP contribution in [-0.4, -0.2) is 41.0 Å². The van der Waals surface area contributed by atoms with Gasteiger partial charge in [0.15, 0.2) is 0 Å². The molecule has 1 aliphatic rings. The molecule has 0 saturated carbocycles. The lowest BCUT2D eigenvalue weighted by Gasteiger charge is -2.36. The van der Waals surface area contributed by atoms with Crippen molar-refractivity contribution in [1.29, 1.82) is 0 Å². The van der Waals surface area contributed by atoms with Crippen LogP contribution < -0.4 is 19.7 Å². The van der Waals surface area contributed by atoms with E-state index in [1.807, 2.05) is 12.1 Å². The maximum atomic E-state index is 11.3. The highest BCUT2D eigenvalue weighted by Gasteiger charge is 2.26. The number of anilines is 2. The van der Waals surface area contributed by atoms with Crippen LogP contribution in [0.1, 0.15) is 26.2 Å². The van der Waals surface area contributed by atoms with Crippen molar-refractivity contribution in [3.8, 4) is 5.75 Å². The number of nitrogens with one attached hydrogen (secondary N) is 2. The highest BCUT2D eigenvalue weighted by Crippen LogP contribution is 2.29. The van der Waals surface area contributed by atoms with E-state index in [1.54, 1.807) is 31.4 Å². The molecule has 2 atom stereocenters. The number of ether oxygens (including phenoxy) is 1. The molecule has 1 aliphatic heterocycles. The second-order valence-electron chi connectivity index (χ2n) is 7.44. The molecular weight excluding hydrogens is 436 g/mol. The van der Waals surface area contributed by atoms with Crippen molar-refractivity contribution >= 4 is 40.2 Å². The quantitative estimate of drug-likeness (QED) is 0.365. The molecule has 2 aromatic carbocycles. The van der Waals surface area contributed by atoms with E-state index in [4.69, 9.17) is 21.3 Å². The van der Waals surface area contributed by atoms with Crippen LogP contribution in [0.25, 0.3) is 0 Å². The van der Waals surface area contributed by atoms with Crippen LogP contribution in [0.4, 0.5) is 11.4 Å². The number of halogens is 1. The van der Waals surface area contributed by atoms with E-state index in [2.05, 4.69) is 34.0 Å². The maximum Gasteiger partial charge on any atom is 0.207 e. The number of benzene rings is 2. The smallest absolute Gasteiger partial charge is 0.207 e. The summed E-state index contributed by atoms with van der Waals surface area (Å²) < 4.78 is 30.2. The molecule has 168 valence electrons. The fraction of sp³-hybridized carbons (Fsp3) is 0.409. The molecule has 2 unspecified atom stereocenters. The first-order valence-corrected chi connectivity index (χ1v) is 11.8. The average Bonchev–Trinajstić information content (AvgIpc) is 2.78. The van der Waals surface area contributed by atoms with Crippen LogP contribution in [0.15, 0.2) is 53.5 Å². The Hall–Kier alpha value is -2.29. The summed E-state index contributed by atoms with van der Waals surface area (Å²) >= 11 is 3.46. The number of aliphatic imine (C=N–C) groups is 1. The predicted molar refractivity (Wildman–Crippen MR) is 127 cm³/mol. The minimum Gasteiger partial charge on any atom is -0.755 e. The molecule has 0 amide bonds. The topological polar surface area (TPSA) is 89.0 Å². The molecule has 2 aromatic rings. The van der Waals surface area contributed by atoms with E-state index in [0.29, 0.717) is 16.6 Å². The molecule has 0 spiro atoms. The van der Waals surface area contributed by atoms with Gasteiger partial charge < -0.3 is 19.5 Å². The van der Waals surface area contributed by atoms with Crippen molar-refractivity contribution < 1.29 is 13.5 Å². The molecule has 2 N–H and O–H groups in total. The van der Waals surface area contributed by atoms with Gasteiger partial charge >= 0.3 is 0 Å². The van der Waals surface area contributed by atoms with Crippen LogP contribution >= 0.6 is 11.6 Å². The minimum atomic E-state index is -2.47. The summed E-state index contributed by atoms with van der Waals surface area (Å²) in [6.45, 7) is 3.95. The van der Waals surface area contributed by atoms with Crippen molar-refractivity contribution in [2.45, 2.75) is 32.2 Å². The standard InChI is InChI=1S/C22H29ClN4O3S/c1-3-21(25-22(26-31(28)29)24-18-6-4-17(23)5-7-18)16-12-14-27(15-13-16)19-8-10-20(30-2)11-9-19/h4-11,16,21H,3,12-15H2,1-2H3,(H,28,29)(H2,24,25,26)/p-1. The van der Waals surface area contributed by atoms with Crippen molar-refractivity contribution in [2.75, 3.05) is 30.4 Å². The first-order chi connectivity index (χ1) is 15.0.